The van der Waals surface area contributed by atoms with Crippen LogP contribution in [0.5, 0.6) is 0 Å². The number of nitrogens with one attached hydrogen (secondary N) is 1. The zero-order chi connectivity index (χ0) is 28.2. The predicted molar refractivity (Wildman–Crippen MR) is 135 cm³/mol. The lowest BCUT2D eigenvalue weighted by molar-refractivity contribution is -0.138. The van der Waals surface area contributed by atoms with Crippen LogP contribution in [-0.4, -0.2) is 86.8 Å². The molecule has 2 N–H and O–H groups in total. The molecule has 2 aliphatic heterocycles. The first kappa shape index (κ1) is 29.6. The first-order valence-electron chi connectivity index (χ1n) is 12.8. The highest BCUT2D eigenvalue weighted by molar-refractivity contribution is 7.89. The lowest BCUT2D eigenvalue weighted by Crippen LogP contribution is -2.40. The summed E-state index contributed by atoms with van der Waals surface area (Å²) in [4.78, 5) is 8.72. The number of benzene rings is 1. The molecule has 1 unspecified atom stereocenters. The molecule has 2 aliphatic rings. The van der Waals surface area contributed by atoms with Gasteiger partial charge in [0.15, 0.2) is 0 Å². The number of aromatic nitrogens is 1. The van der Waals surface area contributed by atoms with E-state index < -0.39 is 44.4 Å². The second kappa shape index (κ2) is 12.4. The van der Waals surface area contributed by atoms with Crippen molar-refractivity contribution in [1.29, 1.82) is 0 Å². The third-order valence-corrected chi connectivity index (χ3v) is 8.34. The van der Waals surface area contributed by atoms with E-state index in [1.54, 1.807) is 4.90 Å². The van der Waals surface area contributed by atoms with Crippen LogP contribution in [0.4, 0.5) is 27.8 Å². The Morgan fingerprint density at radius 3 is 2.41 bits per heavy atom. The first-order chi connectivity index (χ1) is 18.4. The van der Waals surface area contributed by atoms with Crippen LogP contribution >= 0.6 is 0 Å². The minimum Gasteiger partial charge on any atom is -0.390 e. The lowest BCUT2D eigenvalue weighted by Gasteiger charge is -2.26. The molecule has 216 valence electrons. The van der Waals surface area contributed by atoms with Gasteiger partial charge < -0.3 is 14.9 Å². The summed E-state index contributed by atoms with van der Waals surface area (Å²) < 4.78 is 96.8. The number of alkyl halides is 3. The van der Waals surface area contributed by atoms with Gasteiger partial charge in [0, 0.05) is 57.6 Å². The molecule has 2 saturated heterocycles. The number of halogens is 5. The smallest absolute Gasteiger partial charge is 0.390 e. The number of aliphatic hydroxyl groups excluding tert-OH is 1. The van der Waals surface area contributed by atoms with Gasteiger partial charge >= 0.3 is 6.18 Å². The number of β-amino-alcohol motifs (C(OH)–C–C–N with tert-alkyl or cyclic N) is 1. The van der Waals surface area contributed by atoms with Gasteiger partial charge in [0.25, 0.3) is 0 Å². The minimum absolute atomic E-state index is 0.124. The number of rotatable bonds is 9. The van der Waals surface area contributed by atoms with E-state index in [-0.39, 0.29) is 37.6 Å². The highest BCUT2D eigenvalue weighted by Gasteiger charge is 2.35. The molecule has 39 heavy (non-hydrogen) atoms. The Balaban J connectivity index is 1.51. The lowest BCUT2D eigenvalue weighted by atomic mass is 10.2. The highest BCUT2D eigenvalue weighted by Crippen LogP contribution is 2.33. The maximum absolute atomic E-state index is 14.1. The molecule has 1 aromatic carbocycles. The van der Waals surface area contributed by atoms with Gasteiger partial charge in [-0.25, -0.2) is 26.9 Å². The average molecular weight is 578 g/mol. The number of hydrogen-bond donors (Lipinski definition) is 2. The maximum atomic E-state index is 14.1. The molecular weight excluding hydrogens is 545 g/mol. The summed E-state index contributed by atoms with van der Waals surface area (Å²) in [5, 5.41) is 10.3. The van der Waals surface area contributed by atoms with E-state index in [2.05, 4.69) is 9.71 Å². The van der Waals surface area contributed by atoms with E-state index in [4.69, 9.17) is 0 Å². The van der Waals surface area contributed by atoms with E-state index in [9.17, 15) is 35.5 Å². The Hall–Kier alpha value is -2.39. The van der Waals surface area contributed by atoms with Gasteiger partial charge in [-0.2, -0.15) is 13.2 Å². The van der Waals surface area contributed by atoms with Crippen molar-refractivity contribution in [3.63, 3.8) is 0 Å². The number of aliphatic hydroxyl groups is 1. The van der Waals surface area contributed by atoms with Gasteiger partial charge in [-0.05, 0) is 56.6 Å². The quantitative estimate of drug-likeness (QED) is 0.444. The van der Waals surface area contributed by atoms with Gasteiger partial charge in [0.05, 0.1) is 11.7 Å². The van der Waals surface area contributed by atoms with E-state index in [1.165, 1.54) is 0 Å². The number of nitrogens with zero attached hydrogens (tertiary/aromatic N) is 4. The fraction of sp³-hybridized carbons (Fsp3) is 0.560. The van der Waals surface area contributed by atoms with Crippen molar-refractivity contribution in [3.05, 3.63) is 53.2 Å². The number of anilines is 1. The van der Waals surface area contributed by atoms with Crippen LogP contribution in [0.2, 0.25) is 0 Å². The van der Waals surface area contributed by atoms with Crippen LogP contribution < -0.4 is 9.62 Å². The number of sulfonamides is 1. The van der Waals surface area contributed by atoms with E-state index in [0.717, 1.165) is 44.1 Å². The molecule has 0 radical (unpaired) electrons. The van der Waals surface area contributed by atoms with Crippen LogP contribution in [-0.2, 0) is 22.7 Å². The third kappa shape index (κ3) is 7.84. The van der Waals surface area contributed by atoms with E-state index >= 15 is 0 Å². The third-order valence-electron chi connectivity index (χ3n) is 6.92. The zero-order valence-corrected chi connectivity index (χ0v) is 22.1. The van der Waals surface area contributed by atoms with Crippen molar-refractivity contribution in [2.45, 2.75) is 43.0 Å². The zero-order valence-electron chi connectivity index (χ0n) is 21.3. The van der Waals surface area contributed by atoms with Crippen molar-refractivity contribution in [3.8, 4) is 0 Å². The molecule has 1 aromatic heterocycles. The summed E-state index contributed by atoms with van der Waals surface area (Å²) in [7, 11) is -4.47. The first-order valence-corrected chi connectivity index (χ1v) is 14.3. The van der Waals surface area contributed by atoms with E-state index in [1.807, 2.05) is 9.80 Å². The normalized spacial score (nSPS) is 18.9. The standard InChI is InChI=1S/C25H32F5N5O3S/c26-20-4-5-22(27)18(12-20)16-34-8-3-9-35(11-10-34)24-23(13-19(14-31-24)25(28,29)30)39(37,38)32-15-21(36)17-33-6-1-2-7-33/h4-5,12-14,21,32,36H,1-3,6-11,15-17H2. The maximum Gasteiger partial charge on any atom is 0.417 e. The van der Waals surface area contributed by atoms with Gasteiger partial charge in [-0.15, -0.1) is 0 Å². The number of likely N-dealkylation sites (tertiary alicyclic amines) is 1. The second-order valence-corrected chi connectivity index (χ2v) is 11.6. The molecule has 2 fully saturated rings. The SMILES string of the molecule is O=S(=O)(NCC(O)CN1CCCC1)c1cc(C(F)(F)F)cnc1N1CCCN(Cc2cc(F)ccc2F)CC1. The summed E-state index contributed by atoms with van der Waals surface area (Å²) in [5.41, 5.74) is -1.03. The van der Waals surface area contributed by atoms with Crippen LogP contribution in [0.25, 0.3) is 0 Å². The Morgan fingerprint density at radius 2 is 1.69 bits per heavy atom. The summed E-state index contributed by atoms with van der Waals surface area (Å²) in [5.74, 6) is -1.25. The highest BCUT2D eigenvalue weighted by atomic mass is 32.2. The summed E-state index contributed by atoms with van der Waals surface area (Å²) >= 11 is 0. The van der Waals surface area contributed by atoms with Crippen molar-refractivity contribution < 1.29 is 35.5 Å². The van der Waals surface area contributed by atoms with Gasteiger partial charge in [0.2, 0.25) is 10.0 Å². The number of hydrogen-bond acceptors (Lipinski definition) is 7. The molecule has 14 heteroatoms. The largest absolute Gasteiger partial charge is 0.417 e. The molecule has 0 saturated carbocycles. The monoisotopic (exact) mass is 577 g/mol. The Bertz CT molecular complexity index is 1240. The van der Waals surface area contributed by atoms with Crippen molar-refractivity contribution in [1.82, 2.24) is 19.5 Å². The molecule has 0 spiro atoms. The molecule has 1 atom stereocenters. The van der Waals surface area contributed by atoms with Crippen molar-refractivity contribution >= 4 is 15.8 Å². The van der Waals surface area contributed by atoms with Crippen LogP contribution in [0, 0.1) is 11.6 Å². The molecule has 4 rings (SSSR count). The summed E-state index contributed by atoms with van der Waals surface area (Å²) in [6.45, 7) is 2.91. The number of pyridine rings is 1. The average Bonchev–Trinajstić information content (AvgIpc) is 3.28. The van der Waals surface area contributed by atoms with Gasteiger partial charge in [-0.3, -0.25) is 4.90 Å². The molecule has 3 heterocycles. The Kier molecular flexibility index (Phi) is 9.42. The Labute approximate surface area is 224 Å². The predicted octanol–water partition coefficient (Wildman–Crippen LogP) is 2.83. The topological polar surface area (TPSA) is 89.0 Å². The molecule has 0 amide bonds. The van der Waals surface area contributed by atoms with Crippen molar-refractivity contribution in [2.75, 3.05) is 57.3 Å². The second-order valence-electron chi connectivity index (χ2n) is 9.91. The fourth-order valence-electron chi connectivity index (χ4n) is 4.89. The van der Waals surface area contributed by atoms with Crippen molar-refractivity contribution in [2.24, 2.45) is 0 Å². The minimum atomic E-state index is -4.81. The molecule has 0 aliphatic carbocycles. The fourth-order valence-corrected chi connectivity index (χ4v) is 6.16. The summed E-state index contributed by atoms with van der Waals surface area (Å²) in [6.07, 6.45) is -2.78. The van der Waals surface area contributed by atoms with Crippen LogP contribution in [0.3, 0.4) is 0 Å². The van der Waals surface area contributed by atoms with Gasteiger partial charge in [0.1, 0.15) is 22.3 Å². The molecule has 0 bridgehead atoms. The van der Waals surface area contributed by atoms with Gasteiger partial charge in [-0.1, -0.05) is 0 Å². The molecular formula is C25H32F5N5O3S. The van der Waals surface area contributed by atoms with Crippen LogP contribution in [0.15, 0.2) is 35.4 Å². The van der Waals surface area contributed by atoms with E-state index in [0.29, 0.717) is 38.3 Å². The molecule has 8 nitrogen and oxygen atoms in total. The Morgan fingerprint density at radius 1 is 0.974 bits per heavy atom. The summed E-state index contributed by atoms with van der Waals surface area (Å²) in [6, 6.07) is 3.75. The molecule has 2 aromatic rings. The van der Waals surface area contributed by atoms with Crippen LogP contribution in [0.1, 0.15) is 30.4 Å².